The Kier molecular flexibility index (Phi) is 12.0. The van der Waals surface area contributed by atoms with Crippen molar-refractivity contribution in [1.82, 2.24) is 0 Å². The van der Waals surface area contributed by atoms with Crippen LogP contribution in [-0.4, -0.2) is 30.0 Å². The lowest BCUT2D eigenvalue weighted by atomic mass is 10.4. The van der Waals surface area contributed by atoms with Gasteiger partial charge >= 0.3 is 0 Å². The number of hydrogen-bond acceptors (Lipinski definition) is 5. The van der Waals surface area contributed by atoms with Gasteiger partial charge in [0, 0.05) is 11.0 Å². The number of thioether (sulfide) groups is 1. The minimum atomic E-state index is -2.08. The molecule has 0 amide bonds. The van der Waals surface area contributed by atoms with Gasteiger partial charge in [0.05, 0.1) is 13.2 Å². The van der Waals surface area contributed by atoms with E-state index in [4.69, 9.17) is 20.9 Å². The molecular formula is C11H25O2PS3. The molecule has 0 bridgehead atoms. The van der Waals surface area contributed by atoms with Crippen molar-refractivity contribution in [2.45, 2.75) is 45.8 Å². The van der Waals surface area contributed by atoms with Crippen molar-refractivity contribution in [2.75, 3.05) is 24.7 Å². The molecule has 1 atom stereocenters. The van der Waals surface area contributed by atoms with E-state index in [1.807, 2.05) is 25.6 Å². The Labute approximate surface area is 120 Å². The van der Waals surface area contributed by atoms with E-state index in [2.05, 4.69) is 13.8 Å². The molecule has 0 aromatic carbocycles. The van der Waals surface area contributed by atoms with Crippen LogP contribution in [0.1, 0.15) is 40.5 Å². The molecule has 0 saturated carbocycles. The first kappa shape index (κ1) is 18.3. The van der Waals surface area contributed by atoms with E-state index < -0.39 is 5.69 Å². The van der Waals surface area contributed by atoms with Gasteiger partial charge in [0.25, 0.3) is 0 Å². The molecule has 0 heterocycles. The molecule has 0 aliphatic rings. The molecule has 1 unspecified atom stereocenters. The molecule has 104 valence electrons. The first-order valence-corrected chi connectivity index (χ1v) is 11.5. The van der Waals surface area contributed by atoms with Crippen LogP contribution < -0.4 is 0 Å². The molecule has 0 aromatic rings. The predicted molar refractivity (Wildman–Crippen MR) is 86.8 cm³/mol. The monoisotopic (exact) mass is 316 g/mol. The lowest BCUT2D eigenvalue weighted by Gasteiger charge is -2.22. The summed E-state index contributed by atoms with van der Waals surface area (Å²) in [6.45, 7) is 9.69. The van der Waals surface area contributed by atoms with Crippen molar-refractivity contribution in [3.8, 4) is 0 Å². The van der Waals surface area contributed by atoms with Crippen LogP contribution in [0.5, 0.6) is 0 Å². The van der Waals surface area contributed by atoms with E-state index in [-0.39, 0.29) is 0 Å². The summed E-state index contributed by atoms with van der Waals surface area (Å²) in [5.41, 5.74) is -2.08. The van der Waals surface area contributed by atoms with Crippen molar-refractivity contribution in [1.29, 1.82) is 0 Å². The standard InChI is InChI=1S/C11H25O2PS3/c1-5-9-16-11(6-2)10-17-14(15,12-7-3)13-8-4/h11H,5-10H2,1-4H3. The molecule has 0 spiro atoms. The average Bonchev–Trinajstić information content (AvgIpc) is 2.30. The topological polar surface area (TPSA) is 18.5 Å². The van der Waals surface area contributed by atoms with Crippen LogP contribution in [0.2, 0.25) is 0 Å². The van der Waals surface area contributed by atoms with Gasteiger partial charge in [-0.25, -0.2) is 0 Å². The molecule has 0 aliphatic carbocycles. The Morgan fingerprint density at radius 1 is 1.12 bits per heavy atom. The minimum absolute atomic E-state index is 0.642. The molecule has 2 nitrogen and oxygen atoms in total. The van der Waals surface area contributed by atoms with E-state index in [1.54, 1.807) is 11.4 Å². The van der Waals surface area contributed by atoms with Gasteiger partial charge in [0.15, 0.2) is 0 Å². The number of rotatable bonds is 11. The summed E-state index contributed by atoms with van der Waals surface area (Å²) in [7, 11) is 0. The van der Waals surface area contributed by atoms with Crippen molar-refractivity contribution >= 4 is 40.6 Å². The zero-order chi connectivity index (χ0) is 13.1. The lowest BCUT2D eigenvalue weighted by molar-refractivity contribution is 0.280. The molecule has 0 radical (unpaired) electrons. The van der Waals surface area contributed by atoms with Crippen molar-refractivity contribution < 1.29 is 9.05 Å². The van der Waals surface area contributed by atoms with E-state index in [0.29, 0.717) is 18.5 Å². The van der Waals surface area contributed by atoms with Gasteiger partial charge in [-0.1, -0.05) is 25.2 Å². The summed E-state index contributed by atoms with van der Waals surface area (Å²) in [6, 6.07) is 0. The van der Waals surface area contributed by atoms with Gasteiger partial charge in [0.2, 0.25) is 5.69 Å². The van der Waals surface area contributed by atoms with Gasteiger partial charge in [-0.15, -0.1) is 0 Å². The van der Waals surface area contributed by atoms with Gasteiger partial charge in [-0.2, -0.15) is 11.8 Å². The first-order chi connectivity index (χ1) is 8.11. The highest BCUT2D eigenvalue weighted by Crippen LogP contribution is 2.61. The summed E-state index contributed by atoms with van der Waals surface area (Å²) < 4.78 is 11.3. The smallest absolute Gasteiger partial charge is 0.247 e. The summed E-state index contributed by atoms with van der Waals surface area (Å²) in [4.78, 5) is 0. The van der Waals surface area contributed by atoms with Gasteiger partial charge in [-0.3, -0.25) is 0 Å². The van der Waals surface area contributed by atoms with Crippen LogP contribution in [0.4, 0.5) is 0 Å². The van der Waals surface area contributed by atoms with Crippen LogP contribution in [0.3, 0.4) is 0 Å². The second-order valence-electron chi connectivity index (χ2n) is 3.48. The second-order valence-corrected chi connectivity index (χ2v) is 11.2. The molecular weight excluding hydrogens is 291 g/mol. The fraction of sp³-hybridized carbons (Fsp3) is 1.00. The maximum absolute atomic E-state index is 5.63. The highest BCUT2D eigenvalue weighted by Gasteiger charge is 2.20. The highest BCUT2D eigenvalue weighted by atomic mass is 32.9. The Balaban J connectivity index is 4.12. The van der Waals surface area contributed by atoms with Crippen molar-refractivity contribution in [2.24, 2.45) is 0 Å². The fourth-order valence-electron chi connectivity index (χ4n) is 1.17. The van der Waals surface area contributed by atoms with E-state index in [1.165, 1.54) is 18.6 Å². The van der Waals surface area contributed by atoms with Crippen LogP contribution in [0, 0.1) is 0 Å². The van der Waals surface area contributed by atoms with Crippen LogP contribution in [0.15, 0.2) is 0 Å². The summed E-state index contributed by atoms with van der Waals surface area (Å²) in [5, 5.41) is 0.670. The number of hydrogen-bond donors (Lipinski definition) is 0. The average molecular weight is 316 g/mol. The van der Waals surface area contributed by atoms with E-state index in [9.17, 15) is 0 Å². The molecule has 0 N–H and O–H groups in total. The SMILES string of the molecule is CCCSC(CC)CSP(=S)(OCC)OCC. The first-order valence-electron chi connectivity index (χ1n) is 6.27. The van der Waals surface area contributed by atoms with E-state index >= 15 is 0 Å². The molecule has 17 heavy (non-hydrogen) atoms. The fourth-order valence-corrected chi connectivity index (χ4v) is 7.66. The Morgan fingerprint density at radius 3 is 2.12 bits per heavy atom. The third-order valence-electron chi connectivity index (χ3n) is 2.01. The molecule has 0 aromatic heterocycles. The van der Waals surface area contributed by atoms with Crippen LogP contribution in [0.25, 0.3) is 0 Å². The van der Waals surface area contributed by atoms with Gasteiger partial charge < -0.3 is 9.05 Å². The molecule has 0 saturated heterocycles. The lowest BCUT2D eigenvalue weighted by Crippen LogP contribution is -2.06. The quantitative estimate of drug-likeness (QED) is 0.501. The van der Waals surface area contributed by atoms with Crippen molar-refractivity contribution in [3.05, 3.63) is 0 Å². The normalized spacial score (nSPS) is 13.9. The highest BCUT2D eigenvalue weighted by molar-refractivity contribution is 8.68. The predicted octanol–water partition coefficient (Wildman–Crippen LogP) is 4.94. The maximum atomic E-state index is 5.63. The van der Waals surface area contributed by atoms with Crippen LogP contribution >= 0.6 is 28.8 Å². The molecule has 0 rings (SSSR count). The zero-order valence-corrected chi connectivity index (χ0v) is 14.7. The molecule has 6 heteroatoms. The zero-order valence-electron chi connectivity index (χ0n) is 11.3. The maximum Gasteiger partial charge on any atom is 0.247 e. The third kappa shape index (κ3) is 8.90. The minimum Gasteiger partial charge on any atom is -0.322 e. The van der Waals surface area contributed by atoms with Gasteiger partial charge in [0.1, 0.15) is 0 Å². The Morgan fingerprint density at radius 2 is 1.71 bits per heavy atom. The third-order valence-corrected chi connectivity index (χ3v) is 9.46. The molecule has 0 aliphatic heterocycles. The van der Waals surface area contributed by atoms with Crippen molar-refractivity contribution in [3.63, 3.8) is 0 Å². The summed E-state index contributed by atoms with van der Waals surface area (Å²) >= 11 is 9.25. The van der Waals surface area contributed by atoms with Crippen LogP contribution in [-0.2, 0) is 20.9 Å². The summed E-state index contributed by atoms with van der Waals surface area (Å²) in [6.07, 6.45) is 2.42. The largest absolute Gasteiger partial charge is 0.322 e. The van der Waals surface area contributed by atoms with E-state index in [0.717, 1.165) is 5.75 Å². The van der Waals surface area contributed by atoms with Gasteiger partial charge in [-0.05, 0) is 44.2 Å². The second kappa shape index (κ2) is 11.1. The summed E-state index contributed by atoms with van der Waals surface area (Å²) in [5.74, 6) is 2.27. The Bertz CT molecular complexity index is 217. The molecule has 0 fully saturated rings. The Hall–Kier alpha value is 1.27.